The molecule has 0 saturated heterocycles. The van der Waals surface area contributed by atoms with E-state index < -0.39 is 0 Å². The lowest BCUT2D eigenvalue weighted by Gasteiger charge is -1.91. The SMILES string of the molecule is C=COC(C)=O.C=Cc1ccc(C)cc1.Cc1ccc(Br)cc1. The Morgan fingerprint density at radius 1 is 0.957 bits per heavy atom. The van der Waals surface area contributed by atoms with Gasteiger partial charge in [-0.3, -0.25) is 4.79 Å². The second-order valence-corrected chi connectivity index (χ2v) is 5.60. The van der Waals surface area contributed by atoms with Gasteiger partial charge < -0.3 is 4.74 Å². The molecule has 0 spiro atoms. The number of hydrogen-bond acceptors (Lipinski definition) is 2. The van der Waals surface area contributed by atoms with Crippen LogP contribution >= 0.6 is 15.9 Å². The molecule has 0 aliphatic carbocycles. The van der Waals surface area contributed by atoms with E-state index in [1.807, 2.05) is 18.2 Å². The molecule has 23 heavy (non-hydrogen) atoms. The van der Waals surface area contributed by atoms with Crippen molar-refractivity contribution in [3.8, 4) is 0 Å². The molecule has 0 N–H and O–H groups in total. The molecule has 0 amide bonds. The lowest BCUT2D eigenvalue weighted by molar-refractivity contribution is -0.135. The summed E-state index contributed by atoms with van der Waals surface area (Å²) >= 11 is 3.35. The summed E-state index contributed by atoms with van der Waals surface area (Å²) in [5, 5.41) is 0. The fourth-order valence-corrected chi connectivity index (χ4v) is 1.62. The number of carbonyl (C=O) groups excluding carboxylic acids is 1. The molecule has 2 nitrogen and oxygen atoms in total. The van der Waals surface area contributed by atoms with E-state index in [-0.39, 0.29) is 5.97 Å². The number of benzene rings is 2. The van der Waals surface area contributed by atoms with Gasteiger partial charge in [-0.15, -0.1) is 0 Å². The molecule has 0 saturated carbocycles. The van der Waals surface area contributed by atoms with Gasteiger partial charge in [0.2, 0.25) is 0 Å². The fourth-order valence-electron chi connectivity index (χ4n) is 1.35. The zero-order chi connectivity index (χ0) is 17.7. The summed E-state index contributed by atoms with van der Waals surface area (Å²) in [6.07, 6.45) is 2.95. The van der Waals surface area contributed by atoms with Crippen LogP contribution in [-0.2, 0) is 9.53 Å². The number of rotatable bonds is 2. The minimum Gasteiger partial charge on any atom is -0.435 e. The molecule has 0 heterocycles. The van der Waals surface area contributed by atoms with Gasteiger partial charge in [-0.2, -0.15) is 0 Å². The van der Waals surface area contributed by atoms with Crippen molar-refractivity contribution in [3.63, 3.8) is 0 Å². The first-order chi connectivity index (χ1) is 10.9. The van der Waals surface area contributed by atoms with Gasteiger partial charge in [-0.1, -0.05) is 82.7 Å². The van der Waals surface area contributed by atoms with Gasteiger partial charge in [0.1, 0.15) is 0 Å². The highest BCUT2D eigenvalue weighted by atomic mass is 79.9. The minimum atomic E-state index is -0.329. The molecule has 2 aromatic rings. The molecule has 0 aliphatic rings. The number of carbonyl (C=O) groups is 1. The van der Waals surface area contributed by atoms with Crippen LogP contribution in [0, 0.1) is 13.8 Å². The van der Waals surface area contributed by atoms with Gasteiger partial charge in [0.05, 0.1) is 6.26 Å². The average molecular weight is 375 g/mol. The number of esters is 1. The Morgan fingerprint density at radius 3 is 1.65 bits per heavy atom. The van der Waals surface area contributed by atoms with Crippen LogP contribution in [0.1, 0.15) is 23.6 Å². The molecule has 0 aliphatic heterocycles. The number of ether oxygens (including phenoxy) is 1. The van der Waals surface area contributed by atoms with Gasteiger partial charge in [-0.05, 0) is 31.5 Å². The predicted octanol–water partition coefficient (Wildman–Crippen LogP) is 6.09. The van der Waals surface area contributed by atoms with Crippen LogP contribution in [0.4, 0.5) is 0 Å². The van der Waals surface area contributed by atoms with Crippen LogP contribution in [-0.4, -0.2) is 5.97 Å². The van der Waals surface area contributed by atoms with Crippen molar-refractivity contribution in [2.45, 2.75) is 20.8 Å². The summed E-state index contributed by atoms with van der Waals surface area (Å²) in [6.45, 7) is 12.3. The van der Waals surface area contributed by atoms with Crippen molar-refractivity contribution in [2.75, 3.05) is 0 Å². The van der Waals surface area contributed by atoms with E-state index in [1.54, 1.807) is 0 Å². The summed E-state index contributed by atoms with van der Waals surface area (Å²) in [7, 11) is 0. The summed E-state index contributed by atoms with van der Waals surface area (Å²) in [5.41, 5.74) is 3.77. The van der Waals surface area contributed by atoms with Crippen LogP contribution in [0.5, 0.6) is 0 Å². The molecule has 0 bridgehead atoms. The quantitative estimate of drug-likeness (QED) is 0.469. The van der Waals surface area contributed by atoms with E-state index in [0.29, 0.717) is 0 Å². The van der Waals surface area contributed by atoms with E-state index in [1.165, 1.54) is 23.6 Å². The molecule has 2 aromatic carbocycles. The summed E-state index contributed by atoms with van der Waals surface area (Å²) in [6, 6.07) is 16.5. The molecule has 0 fully saturated rings. The first-order valence-corrected chi connectivity index (χ1v) is 7.87. The Balaban J connectivity index is 0.000000323. The summed E-state index contributed by atoms with van der Waals surface area (Å²) in [5.74, 6) is -0.329. The van der Waals surface area contributed by atoms with Crippen molar-refractivity contribution < 1.29 is 9.53 Å². The van der Waals surface area contributed by atoms with Crippen molar-refractivity contribution in [2.24, 2.45) is 0 Å². The topological polar surface area (TPSA) is 26.3 Å². The molecule has 122 valence electrons. The zero-order valence-electron chi connectivity index (χ0n) is 13.9. The number of halogens is 1. The maximum atomic E-state index is 9.75. The Hall–Kier alpha value is -2.13. The molecular weight excluding hydrogens is 352 g/mol. The second-order valence-electron chi connectivity index (χ2n) is 4.69. The molecule has 2 rings (SSSR count). The maximum Gasteiger partial charge on any atom is 0.307 e. The maximum absolute atomic E-state index is 9.75. The molecule has 3 heteroatoms. The normalized spacial score (nSPS) is 8.52. The third-order valence-corrected chi connectivity index (χ3v) is 3.10. The summed E-state index contributed by atoms with van der Waals surface area (Å²) in [4.78, 5) is 9.75. The first-order valence-electron chi connectivity index (χ1n) is 7.08. The van der Waals surface area contributed by atoms with E-state index in [0.717, 1.165) is 10.7 Å². The lowest BCUT2D eigenvalue weighted by Crippen LogP contribution is -1.87. The Kier molecular flexibility index (Phi) is 11.3. The molecule has 0 atom stereocenters. The number of hydrogen-bond donors (Lipinski definition) is 0. The smallest absolute Gasteiger partial charge is 0.307 e. The third-order valence-electron chi connectivity index (χ3n) is 2.57. The first kappa shape index (κ1) is 20.9. The van der Waals surface area contributed by atoms with E-state index >= 15 is 0 Å². The molecule has 0 radical (unpaired) electrons. The Bertz CT molecular complexity index is 578. The molecular formula is C20H23BrO2. The third kappa shape index (κ3) is 12.1. The molecule has 0 aromatic heterocycles. The lowest BCUT2D eigenvalue weighted by atomic mass is 10.2. The highest BCUT2D eigenvalue weighted by molar-refractivity contribution is 9.10. The van der Waals surface area contributed by atoms with Gasteiger partial charge in [0, 0.05) is 11.4 Å². The Morgan fingerprint density at radius 2 is 1.39 bits per heavy atom. The van der Waals surface area contributed by atoms with Gasteiger partial charge in [-0.25, -0.2) is 0 Å². The predicted molar refractivity (Wildman–Crippen MR) is 102 cm³/mol. The highest BCUT2D eigenvalue weighted by Gasteiger charge is 1.82. The van der Waals surface area contributed by atoms with E-state index in [4.69, 9.17) is 0 Å². The highest BCUT2D eigenvalue weighted by Crippen LogP contribution is 2.08. The van der Waals surface area contributed by atoms with Crippen LogP contribution in [0.3, 0.4) is 0 Å². The monoisotopic (exact) mass is 374 g/mol. The standard InChI is InChI=1S/C9H10.C7H7Br.C4H6O2/c1-3-9-6-4-8(2)5-7-9;1-6-2-4-7(8)5-3-6;1-3-6-4(2)5/h3-7H,1H2,2H3;2-5H,1H3;3H,1H2,2H3. The minimum absolute atomic E-state index is 0.329. The van der Waals surface area contributed by atoms with Crippen molar-refractivity contribution in [1.29, 1.82) is 0 Å². The van der Waals surface area contributed by atoms with Gasteiger partial charge >= 0.3 is 5.97 Å². The van der Waals surface area contributed by atoms with Crippen LogP contribution in [0.25, 0.3) is 6.08 Å². The molecule has 0 unspecified atom stereocenters. The zero-order valence-corrected chi connectivity index (χ0v) is 15.5. The van der Waals surface area contributed by atoms with Gasteiger partial charge in [0.15, 0.2) is 0 Å². The largest absolute Gasteiger partial charge is 0.435 e. The van der Waals surface area contributed by atoms with E-state index in [9.17, 15) is 4.79 Å². The average Bonchev–Trinajstić information content (AvgIpc) is 2.52. The van der Waals surface area contributed by atoms with E-state index in [2.05, 4.69) is 84.1 Å². The van der Waals surface area contributed by atoms with Crippen molar-refractivity contribution in [1.82, 2.24) is 0 Å². The van der Waals surface area contributed by atoms with Crippen LogP contribution in [0.2, 0.25) is 0 Å². The van der Waals surface area contributed by atoms with Crippen LogP contribution in [0.15, 0.2) is 72.4 Å². The van der Waals surface area contributed by atoms with Crippen molar-refractivity contribution >= 4 is 28.0 Å². The Labute approximate surface area is 147 Å². The van der Waals surface area contributed by atoms with Gasteiger partial charge in [0.25, 0.3) is 0 Å². The second kappa shape index (κ2) is 12.4. The fraction of sp³-hybridized carbons (Fsp3) is 0.150. The summed E-state index contributed by atoms with van der Waals surface area (Å²) < 4.78 is 5.31. The van der Waals surface area contributed by atoms with Crippen molar-refractivity contribution in [3.05, 3.63) is 89.1 Å². The van der Waals surface area contributed by atoms with Crippen LogP contribution < -0.4 is 0 Å². The number of aryl methyl sites for hydroxylation is 2.